The number of carbonyl (C=O) groups excluding carboxylic acids is 1. The van der Waals surface area contributed by atoms with E-state index in [0.29, 0.717) is 19.6 Å². The number of aliphatic hydroxyl groups is 1. The molecule has 1 rings (SSSR count). The topological polar surface area (TPSA) is 67.8 Å². The normalized spacial score (nSPS) is 12.1. The second-order valence-electron chi connectivity index (χ2n) is 4.18. The zero-order valence-electron chi connectivity index (χ0n) is 11.2. The molecule has 0 saturated heterocycles. The number of amides is 1. The van der Waals surface area contributed by atoms with E-state index in [1.165, 1.54) is 0 Å². The van der Waals surface area contributed by atoms with Gasteiger partial charge in [-0.3, -0.25) is 4.79 Å². The van der Waals surface area contributed by atoms with E-state index in [1.54, 1.807) is 7.11 Å². The van der Waals surface area contributed by atoms with Crippen molar-refractivity contribution < 1.29 is 19.4 Å². The van der Waals surface area contributed by atoms with Crippen LogP contribution in [0.25, 0.3) is 0 Å². The van der Waals surface area contributed by atoms with E-state index in [4.69, 9.17) is 9.47 Å². The Hall–Kier alpha value is -1.43. The molecule has 1 aromatic carbocycles. The zero-order valence-corrected chi connectivity index (χ0v) is 11.2. The standard InChI is InChI=1S/C14H21NO4/c1-18-7-8-19-11-14(17)15-13(10-16)9-12-5-3-2-4-6-12/h2-6,13,16H,7-11H2,1H3,(H,15,17)/t13-/m0/s1. The van der Waals surface area contributed by atoms with Crippen molar-refractivity contribution in [2.75, 3.05) is 33.5 Å². The molecule has 19 heavy (non-hydrogen) atoms. The van der Waals surface area contributed by atoms with Gasteiger partial charge in [0.2, 0.25) is 5.91 Å². The van der Waals surface area contributed by atoms with Crippen molar-refractivity contribution in [3.8, 4) is 0 Å². The smallest absolute Gasteiger partial charge is 0.246 e. The maximum absolute atomic E-state index is 11.6. The van der Waals surface area contributed by atoms with Crippen LogP contribution in [0.2, 0.25) is 0 Å². The molecule has 0 aliphatic heterocycles. The van der Waals surface area contributed by atoms with E-state index in [-0.39, 0.29) is 25.2 Å². The molecule has 0 spiro atoms. The summed E-state index contributed by atoms with van der Waals surface area (Å²) in [7, 11) is 1.57. The van der Waals surface area contributed by atoms with Crippen molar-refractivity contribution >= 4 is 5.91 Å². The SMILES string of the molecule is COCCOCC(=O)N[C@H](CO)Cc1ccccc1. The van der Waals surface area contributed by atoms with Crippen molar-refractivity contribution in [3.05, 3.63) is 35.9 Å². The Bertz CT molecular complexity index is 356. The summed E-state index contributed by atoms with van der Waals surface area (Å²) in [6.45, 7) is 0.723. The Labute approximate surface area is 113 Å². The molecule has 1 amide bonds. The predicted octanol–water partition coefficient (Wildman–Crippen LogP) is 0.369. The number of hydrogen-bond donors (Lipinski definition) is 2. The number of aliphatic hydroxyl groups excluding tert-OH is 1. The molecule has 5 nitrogen and oxygen atoms in total. The quantitative estimate of drug-likeness (QED) is 0.634. The second-order valence-corrected chi connectivity index (χ2v) is 4.18. The Kier molecular flexibility index (Phi) is 7.81. The van der Waals surface area contributed by atoms with Gasteiger partial charge in [0.05, 0.1) is 25.9 Å². The fourth-order valence-electron chi connectivity index (χ4n) is 1.64. The molecule has 0 saturated carbocycles. The van der Waals surface area contributed by atoms with Gasteiger partial charge in [0.25, 0.3) is 0 Å². The maximum Gasteiger partial charge on any atom is 0.246 e. The van der Waals surface area contributed by atoms with Gasteiger partial charge < -0.3 is 19.9 Å². The summed E-state index contributed by atoms with van der Waals surface area (Å²) in [5, 5.41) is 12.0. The van der Waals surface area contributed by atoms with Gasteiger partial charge in [-0.25, -0.2) is 0 Å². The lowest BCUT2D eigenvalue weighted by Crippen LogP contribution is -2.41. The first-order valence-electron chi connectivity index (χ1n) is 6.27. The van der Waals surface area contributed by atoms with Crippen molar-refractivity contribution in [1.82, 2.24) is 5.32 Å². The van der Waals surface area contributed by atoms with Gasteiger partial charge in [-0.15, -0.1) is 0 Å². The Morgan fingerprint density at radius 3 is 2.68 bits per heavy atom. The number of rotatable bonds is 9. The minimum absolute atomic E-state index is 0.0192. The predicted molar refractivity (Wildman–Crippen MR) is 71.9 cm³/mol. The van der Waals surface area contributed by atoms with Crippen LogP contribution in [0.5, 0.6) is 0 Å². The van der Waals surface area contributed by atoms with Crippen LogP contribution in [-0.4, -0.2) is 50.6 Å². The summed E-state index contributed by atoms with van der Waals surface area (Å²) in [4.78, 5) is 11.6. The summed E-state index contributed by atoms with van der Waals surface area (Å²) >= 11 is 0. The van der Waals surface area contributed by atoms with Crippen LogP contribution in [0, 0.1) is 0 Å². The van der Waals surface area contributed by atoms with E-state index in [9.17, 15) is 9.90 Å². The summed E-state index contributed by atoms with van der Waals surface area (Å²) in [6, 6.07) is 9.42. The molecule has 2 N–H and O–H groups in total. The van der Waals surface area contributed by atoms with Gasteiger partial charge in [-0.05, 0) is 12.0 Å². The third-order valence-corrected chi connectivity index (χ3v) is 2.58. The van der Waals surface area contributed by atoms with Crippen molar-refractivity contribution in [1.29, 1.82) is 0 Å². The van der Waals surface area contributed by atoms with Gasteiger partial charge >= 0.3 is 0 Å². The molecule has 0 unspecified atom stereocenters. The van der Waals surface area contributed by atoms with Crippen LogP contribution in [0.1, 0.15) is 5.56 Å². The first-order chi connectivity index (χ1) is 9.26. The van der Waals surface area contributed by atoms with Crippen molar-refractivity contribution in [2.24, 2.45) is 0 Å². The largest absolute Gasteiger partial charge is 0.394 e. The van der Waals surface area contributed by atoms with Crippen molar-refractivity contribution in [2.45, 2.75) is 12.5 Å². The van der Waals surface area contributed by atoms with Crippen molar-refractivity contribution in [3.63, 3.8) is 0 Å². The average Bonchev–Trinajstić information content (AvgIpc) is 2.44. The number of ether oxygens (including phenoxy) is 2. The molecule has 5 heteroatoms. The minimum atomic E-state index is -0.291. The molecule has 0 bridgehead atoms. The Morgan fingerprint density at radius 1 is 1.32 bits per heavy atom. The third-order valence-electron chi connectivity index (χ3n) is 2.58. The fraction of sp³-hybridized carbons (Fsp3) is 0.500. The van der Waals surface area contributed by atoms with E-state index >= 15 is 0 Å². The molecule has 0 radical (unpaired) electrons. The lowest BCUT2D eigenvalue weighted by molar-refractivity contribution is -0.127. The summed E-state index contributed by atoms with van der Waals surface area (Å²) < 4.78 is 9.92. The Morgan fingerprint density at radius 2 is 2.05 bits per heavy atom. The van der Waals surface area contributed by atoms with Gasteiger partial charge in [0.1, 0.15) is 6.61 Å². The van der Waals surface area contributed by atoms with Gasteiger partial charge in [0.15, 0.2) is 0 Å². The molecule has 106 valence electrons. The number of carbonyl (C=O) groups is 1. The molecular weight excluding hydrogens is 246 g/mol. The molecular formula is C14H21NO4. The minimum Gasteiger partial charge on any atom is -0.394 e. The molecule has 0 heterocycles. The molecule has 0 aliphatic carbocycles. The van der Waals surface area contributed by atoms with E-state index in [0.717, 1.165) is 5.56 Å². The van der Waals surface area contributed by atoms with Gasteiger partial charge in [-0.2, -0.15) is 0 Å². The fourth-order valence-corrected chi connectivity index (χ4v) is 1.64. The van der Waals surface area contributed by atoms with Gasteiger partial charge in [-0.1, -0.05) is 30.3 Å². The van der Waals surface area contributed by atoms with E-state index in [2.05, 4.69) is 5.32 Å². The lowest BCUT2D eigenvalue weighted by Gasteiger charge is -2.16. The van der Waals surface area contributed by atoms with Crippen LogP contribution < -0.4 is 5.32 Å². The van der Waals surface area contributed by atoms with Crippen LogP contribution in [0.3, 0.4) is 0 Å². The highest BCUT2D eigenvalue weighted by molar-refractivity contribution is 5.77. The van der Waals surface area contributed by atoms with Crippen LogP contribution in [0.15, 0.2) is 30.3 Å². The number of methoxy groups -OCH3 is 1. The molecule has 1 atom stereocenters. The molecule has 1 aromatic rings. The molecule has 0 aromatic heterocycles. The highest BCUT2D eigenvalue weighted by Crippen LogP contribution is 2.02. The van der Waals surface area contributed by atoms with Crippen LogP contribution >= 0.6 is 0 Å². The Balaban J connectivity index is 2.29. The number of nitrogens with one attached hydrogen (secondary N) is 1. The van der Waals surface area contributed by atoms with E-state index < -0.39 is 0 Å². The second kappa shape index (κ2) is 9.49. The highest BCUT2D eigenvalue weighted by atomic mass is 16.5. The number of benzene rings is 1. The van der Waals surface area contributed by atoms with Crippen LogP contribution in [0.4, 0.5) is 0 Å². The summed E-state index contributed by atoms with van der Waals surface area (Å²) in [5.74, 6) is -0.230. The highest BCUT2D eigenvalue weighted by Gasteiger charge is 2.11. The third kappa shape index (κ3) is 6.91. The average molecular weight is 267 g/mol. The number of hydrogen-bond acceptors (Lipinski definition) is 4. The first-order valence-corrected chi connectivity index (χ1v) is 6.27. The van der Waals surface area contributed by atoms with E-state index in [1.807, 2.05) is 30.3 Å². The summed E-state index contributed by atoms with van der Waals surface area (Å²) in [6.07, 6.45) is 0.598. The molecule has 0 fully saturated rings. The maximum atomic E-state index is 11.6. The monoisotopic (exact) mass is 267 g/mol. The molecule has 0 aliphatic rings. The summed E-state index contributed by atoms with van der Waals surface area (Å²) in [5.41, 5.74) is 1.07. The van der Waals surface area contributed by atoms with Gasteiger partial charge in [0, 0.05) is 7.11 Å². The lowest BCUT2D eigenvalue weighted by atomic mass is 10.1. The zero-order chi connectivity index (χ0) is 13.9. The van der Waals surface area contributed by atoms with Crippen LogP contribution in [-0.2, 0) is 20.7 Å². The first kappa shape index (κ1) is 15.6.